The van der Waals surface area contributed by atoms with Crippen molar-refractivity contribution in [1.29, 1.82) is 0 Å². The topological polar surface area (TPSA) is 97.6 Å². The number of halogens is 2. The number of nitrogens with zero attached hydrogens (tertiary/aromatic N) is 4. The number of imidazole rings is 1. The summed E-state index contributed by atoms with van der Waals surface area (Å²) in [6.45, 7) is 11.1. The fraction of sp³-hybridized carbons (Fsp3) is 0.682. The molecule has 3 heterocycles. The van der Waals surface area contributed by atoms with E-state index in [1.54, 1.807) is 12.1 Å². The second-order valence-electron chi connectivity index (χ2n) is 10.2. The zero-order valence-corrected chi connectivity index (χ0v) is 22.3. The van der Waals surface area contributed by atoms with Crippen LogP contribution in [0.2, 0.25) is 10.4 Å². The normalized spacial score (nSPS) is 32.3. The molecule has 0 amide bonds. The van der Waals surface area contributed by atoms with Gasteiger partial charge in [0, 0.05) is 11.2 Å². The van der Waals surface area contributed by atoms with Crippen molar-refractivity contribution in [3.63, 3.8) is 0 Å². The highest BCUT2D eigenvalue weighted by molar-refractivity contribution is 7.57. The van der Waals surface area contributed by atoms with Gasteiger partial charge in [-0.15, -0.1) is 0 Å². The molecular weight excluding hydrogens is 502 g/mol. The molecule has 0 bridgehead atoms. The summed E-state index contributed by atoms with van der Waals surface area (Å²) < 4.78 is 39.6. The Morgan fingerprint density at radius 1 is 1.18 bits per heavy atom. The molecule has 2 aromatic rings. The van der Waals surface area contributed by atoms with E-state index in [2.05, 4.69) is 15.0 Å². The summed E-state index contributed by atoms with van der Waals surface area (Å²) in [7, 11) is -3.45. The molecule has 3 fully saturated rings. The summed E-state index contributed by atoms with van der Waals surface area (Å²) >= 11 is 12.4. The molecule has 9 nitrogen and oxygen atoms in total. The minimum absolute atomic E-state index is 0.0530. The molecule has 2 aromatic heterocycles. The monoisotopic (exact) mass is 530 g/mol. The first-order chi connectivity index (χ1) is 15.8. The molecular formula is C22H29Cl2N4O5P. The van der Waals surface area contributed by atoms with Gasteiger partial charge in [-0.2, -0.15) is 4.98 Å². The quantitative estimate of drug-likeness (QED) is 0.252. The molecule has 3 aliphatic rings. The van der Waals surface area contributed by atoms with Crippen molar-refractivity contribution in [1.82, 2.24) is 19.5 Å². The van der Waals surface area contributed by atoms with Crippen LogP contribution in [0.5, 0.6) is 0 Å². The van der Waals surface area contributed by atoms with Gasteiger partial charge in [-0.25, -0.2) is 9.97 Å². The molecule has 5 rings (SSSR count). The Hall–Kier alpha value is -1.06. The Bertz CT molecular complexity index is 1190. The molecule has 186 valence electrons. The average Bonchev–Trinajstić information content (AvgIpc) is 2.95. The first kappa shape index (κ1) is 24.6. The van der Waals surface area contributed by atoms with E-state index in [4.69, 9.17) is 41.7 Å². The van der Waals surface area contributed by atoms with E-state index in [9.17, 15) is 4.57 Å². The molecule has 0 spiro atoms. The lowest BCUT2D eigenvalue weighted by Gasteiger charge is -2.24. The van der Waals surface area contributed by atoms with Crippen molar-refractivity contribution in [3.05, 3.63) is 28.7 Å². The van der Waals surface area contributed by atoms with Crippen LogP contribution < -0.4 is 0 Å². The molecule has 0 N–H and O–H groups in total. The van der Waals surface area contributed by atoms with Crippen molar-refractivity contribution in [2.24, 2.45) is 11.3 Å². The highest BCUT2D eigenvalue weighted by atomic mass is 35.5. The second-order valence-corrected chi connectivity index (χ2v) is 12.7. The van der Waals surface area contributed by atoms with Gasteiger partial charge in [-0.3, -0.25) is 4.57 Å². The average molecular weight is 531 g/mol. The van der Waals surface area contributed by atoms with Crippen LogP contribution >= 0.6 is 30.8 Å². The van der Waals surface area contributed by atoms with Crippen molar-refractivity contribution in [2.45, 2.75) is 84.2 Å². The minimum atomic E-state index is -3.45. The number of hydrogen-bond donors (Lipinski definition) is 0. The van der Waals surface area contributed by atoms with Crippen LogP contribution in [0.25, 0.3) is 11.2 Å². The third kappa shape index (κ3) is 4.13. The van der Waals surface area contributed by atoms with E-state index in [0.29, 0.717) is 11.2 Å². The summed E-state index contributed by atoms with van der Waals surface area (Å²) in [5.41, 5.74) is 0.650. The third-order valence-electron chi connectivity index (χ3n) is 6.47. The number of hydrogen-bond acceptors (Lipinski definition) is 8. The zero-order valence-electron chi connectivity index (χ0n) is 19.9. The van der Waals surface area contributed by atoms with Gasteiger partial charge in [0.05, 0.1) is 30.7 Å². The van der Waals surface area contributed by atoms with Crippen molar-refractivity contribution >= 4 is 42.0 Å². The lowest BCUT2D eigenvalue weighted by Crippen LogP contribution is -2.31. The summed E-state index contributed by atoms with van der Waals surface area (Å²) in [6, 6.07) is -0.125. The van der Waals surface area contributed by atoms with E-state index in [-0.39, 0.29) is 52.2 Å². The number of aromatic nitrogens is 4. The lowest BCUT2D eigenvalue weighted by molar-refractivity contribution is -0.159. The zero-order chi connectivity index (χ0) is 24.6. The largest absolute Gasteiger partial charge is 0.354 e. The first-order valence-electron chi connectivity index (χ1n) is 11.4. The number of rotatable bonds is 7. The van der Waals surface area contributed by atoms with Crippen molar-refractivity contribution in [2.75, 3.05) is 0 Å². The molecule has 1 aliphatic heterocycles. The van der Waals surface area contributed by atoms with Crippen LogP contribution in [0, 0.1) is 11.3 Å². The van der Waals surface area contributed by atoms with Gasteiger partial charge in [0.25, 0.3) is 0 Å². The summed E-state index contributed by atoms with van der Waals surface area (Å²) in [5, 5.41) is 0.254. The van der Waals surface area contributed by atoms with Crippen LogP contribution in [0.1, 0.15) is 54.0 Å². The molecule has 12 heteroatoms. The third-order valence-corrected chi connectivity index (χ3v) is 8.84. The van der Waals surface area contributed by atoms with E-state index < -0.39 is 13.4 Å². The van der Waals surface area contributed by atoms with Crippen LogP contribution in [0.4, 0.5) is 0 Å². The number of fused-ring (bicyclic) bond motifs is 4. The van der Waals surface area contributed by atoms with Crippen LogP contribution in [-0.2, 0) is 23.1 Å². The van der Waals surface area contributed by atoms with Gasteiger partial charge in [0.1, 0.15) is 11.6 Å². The number of ether oxygens (including phenoxy) is 2. The highest BCUT2D eigenvalue weighted by Crippen LogP contribution is 2.73. The Balaban J connectivity index is 1.54. The highest BCUT2D eigenvalue weighted by Gasteiger charge is 2.75. The predicted octanol–water partition coefficient (Wildman–Crippen LogP) is 5.77. The fourth-order valence-electron chi connectivity index (χ4n) is 5.40. The van der Waals surface area contributed by atoms with Crippen LogP contribution in [-0.4, -0.2) is 49.7 Å². The van der Waals surface area contributed by atoms with Crippen LogP contribution in [0.3, 0.4) is 0 Å². The molecule has 1 saturated heterocycles. The van der Waals surface area contributed by atoms with Gasteiger partial charge in [0.2, 0.25) is 5.28 Å². The molecule has 5 atom stereocenters. The van der Waals surface area contributed by atoms with Gasteiger partial charge in [-0.1, -0.05) is 17.7 Å². The van der Waals surface area contributed by atoms with Gasteiger partial charge in [0.15, 0.2) is 16.6 Å². The predicted molar refractivity (Wildman–Crippen MR) is 128 cm³/mol. The van der Waals surface area contributed by atoms with E-state index in [1.807, 2.05) is 52.2 Å². The van der Waals surface area contributed by atoms with Gasteiger partial charge >= 0.3 is 7.60 Å². The Kier molecular flexibility index (Phi) is 5.96. The van der Waals surface area contributed by atoms with Crippen molar-refractivity contribution in [3.8, 4) is 0 Å². The molecule has 2 saturated carbocycles. The molecule has 34 heavy (non-hydrogen) atoms. The van der Waals surface area contributed by atoms with Gasteiger partial charge in [-0.05, 0) is 65.5 Å². The Morgan fingerprint density at radius 2 is 1.85 bits per heavy atom. The van der Waals surface area contributed by atoms with Gasteiger partial charge < -0.3 is 23.1 Å². The maximum atomic E-state index is 13.5. The summed E-state index contributed by atoms with van der Waals surface area (Å²) in [4.78, 5) is 12.8. The summed E-state index contributed by atoms with van der Waals surface area (Å²) in [6.07, 6.45) is 3.48. The Labute approximate surface area is 208 Å². The smallest absolute Gasteiger partial charge is 0.344 e. The SMILES string of the molecule is CC(C)OP(=O)(C=C[C@]12C[C@@H]1[C@@H](n1cnc3c(Cl)nc(Cl)nc31)[C@@H]1OC(C)(C)O[C@@H]12)OC(C)C. The summed E-state index contributed by atoms with van der Waals surface area (Å²) in [5.74, 6) is 0.976. The molecule has 0 radical (unpaired) electrons. The Morgan fingerprint density at radius 3 is 2.50 bits per heavy atom. The fourth-order valence-corrected chi connectivity index (χ4v) is 7.65. The molecule has 2 aliphatic carbocycles. The maximum absolute atomic E-state index is 13.5. The van der Waals surface area contributed by atoms with E-state index >= 15 is 0 Å². The maximum Gasteiger partial charge on any atom is 0.354 e. The molecule has 0 unspecified atom stereocenters. The van der Waals surface area contributed by atoms with Crippen LogP contribution in [0.15, 0.2) is 18.2 Å². The molecule has 0 aromatic carbocycles. The lowest BCUT2D eigenvalue weighted by atomic mass is 9.99. The second kappa shape index (κ2) is 8.23. The first-order valence-corrected chi connectivity index (χ1v) is 13.8. The van der Waals surface area contributed by atoms with Crippen molar-refractivity contribution < 1.29 is 23.1 Å². The minimum Gasteiger partial charge on any atom is -0.344 e. The standard InChI is InChI=1S/C22H29Cl2N4O5P/c1-11(2)32-34(29,33-12(3)4)8-7-22-9-13(22)15(16-17(22)31-21(5,6)30-16)28-10-25-14-18(23)26-20(24)27-19(14)28/h7-8,10-13,15-17H,9H2,1-6H3/t13-,15-,16+,17+,22+/m1/s1. The van der Waals surface area contributed by atoms with E-state index in [1.165, 1.54) is 0 Å². The van der Waals surface area contributed by atoms with E-state index in [0.717, 1.165) is 6.42 Å².